The number of rotatable bonds is 8. The highest BCUT2D eigenvalue weighted by molar-refractivity contribution is 5.78. The SMILES string of the molecule is COc1ccc(CNCC[C@H]2CCC(=O)N2C[C@@H]2COc3ccccc3O2)cc1. The zero-order valence-corrected chi connectivity index (χ0v) is 16.8. The minimum absolute atomic E-state index is 0.123. The first-order valence-electron chi connectivity index (χ1n) is 10.2. The Bertz CT molecular complexity index is 824. The third-order valence-electron chi connectivity index (χ3n) is 5.56. The van der Waals surface area contributed by atoms with Crippen molar-refractivity contribution < 1.29 is 19.0 Å². The average Bonchev–Trinajstić information content (AvgIpc) is 3.11. The third kappa shape index (κ3) is 4.82. The molecule has 2 heterocycles. The van der Waals surface area contributed by atoms with Crippen LogP contribution >= 0.6 is 0 Å². The van der Waals surface area contributed by atoms with Gasteiger partial charge in [0.2, 0.25) is 5.91 Å². The maximum absolute atomic E-state index is 12.4. The van der Waals surface area contributed by atoms with E-state index in [2.05, 4.69) is 17.4 Å². The van der Waals surface area contributed by atoms with Crippen LogP contribution in [0.3, 0.4) is 0 Å². The van der Waals surface area contributed by atoms with Gasteiger partial charge in [-0.3, -0.25) is 4.79 Å². The van der Waals surface area contributed by atoms with Gasteiger partial charge < -0.3 is 24.4 Å². The predicted octanol–water partition coefficient (Wildman–Crippen LogP) is 3.01. The molecule has 1 amide bonds. The molecule has 154 valence electrons. The summed E-state index contributed by atoms with van der Waals surface area (Å²) in [5.74, 6) is 2.61. The van der Waals surface area contributed by atoms with E-state index < -0.39 is 0 Å². The number of benzene rings is 2. The van der Waals surface area contributed by atoms with Crippen LogP contribution in [0, 0.1) is 0 Å². The topological polar surface area (TPSA) is 60.0 Å². The number of amides is 1. The third-order valence-corrected chi connectivity index (χ3v) is 5.56. The van der Waals surface area contributed by atoms with E-state index in [1.54, 1.807) is 7.11 Å². The van der Waals surface area contributed by atoms with Gasteiger partial charge in [-0.1, -0.05) is 24.3 Å². The summed E-state index contributed by atoms with van der Waals surface area (Å²) in [6.07, 6.45) is 2.34. The Hall–Kier alpha value is -2.73. The van der Waals surface area contributed by atoms with Gasteiger partial charge in [0.15, 0.2) is 17.6 Å². The van der Waals surface area contributed by atoms with Crippen molar-refractivity contribution in [2.75, 3.05) is 26.8 Å². The lowest BCUT2D eigenvalue weighted by Crippen LogP contribution is -2.45. The number of fused-ring (bicyclic) bond motifs is 1. The molecule has 0 radical (unpaired) electrons. The van der Waals surface area contributed by atoms with E-state index in [1.165, 1.54) is 5.56 Å². The van der Waals surface area contributed by atoms with Crippen molar-refractivity contribution >= 4 is 5.91 Å². The number of nitrogens with zero attached hydrogens (tertiary/aromatic N) is 1. The molecule has 0 unspecified atom stereocenters. The summed E-state index contributed by atoms with van der Waals surface area (Å²) in [7, 11) is 1.67. The van der Waals surface area contributed by atoms with Crippen molar-refractivity contribution in [1.82, 2.24) is 10.2 Å². The highest BCUT2D eigenvalue weighted by Gasteiger charge is 2.34. The Labute approximate surface area is 171 Å². The summed E-state index contributed by atoms with van der Waals surface area (Å²) in [6, 6.07) is 16.0. The van der Waals surface area contributed by atoms with E-state index in [1.807, 2.05) is 41.3 Å². The Morgan fingerprint density at radius 2 is 1.93 bits per heavy atom. The Balaban J connectivity index is 1.25. The van der Waals surface area contributed by atoms with Crippen molar-refractivity contribution in [2.24, 2.45) is 0 Å². The molecule has 2 aromatic carbocycles. The van der Waals surface area contributed by atoms with Crippen molar-refractivity contribution in [3.05, 3.63) is 54.1 Å². The van der Waals surface area contributed by atoms with Crippen LogP contribution in [0.5, 0.6) is 17.2 Å². The number of nitrogens with one attached hydrogen (secondary N) is 1. The first-order chi connectivity index (χ1) is 14.2. The van der Waals surface area contributed by atoms with Crippen LogP contribution in [-0.4, -0.2) is 49.8 Å². The highest BCUT2D eigenvalue weighted by atomic mass is 16.6. The second-order valence-corrected chi connectivity index (χ2v) is 7.55. The average molecular weight is 396 g/mol. The van der Waals surface area contributed by atoms with Crippen molar-refractivity contribution in [3.8, 4) is 17.2 Å². The van der Waals surface area contributed by atoms with E-state index in [9.17, 15) is 4.79 Å². The van der Waals surface area contributed by atoms with Gasteiger partial charge in [0.05, 0.1) is 13.7 Å². The normalized spacial score (nSPS) is 20.7. The van der Waals surface area contributed by atoms with E-state index in [0.29, 0.717) is 19.6 Å². The summed E-state index contributed by atoms with van der Waals surface area (Å²) >= 11 is 0. The van der Waals surface area contributed by atoms with Crippen LogP contribution in [0.1, 0.15) is 24.8 Å². The summed E-state index contributed by atoms with van der Waals surface area (Å²) in [6.45, 7) is 2.73. The molecule has 2 aliphatic heterocycles. The number of likely N-dealkylation sites (tertiary alicyclic amines) is 1. The molecule has 1 fully saturated rings. The standard InChI is InChI=1S/C23H28N2O4/c1-27-19-9-6-17(7-10-19)14-24-13-12-18-8-11-23(26)25(18)15-20-16-28-21-4-2-3-5-22(21)29-20/h2-7,9-10,18,20,24H,8,11-16H2,1H3/t18-,20-/m1/s1. The fraction of sp³-hybridized carbons (Fsp3) is 0.435. The Morgan fingerprint density at radius 3 is 2.72 bits per heavy atom. The highest BCUT2D eigenvalue weighted by Crippen LogP contribution is 2.32. The second-order valence-electron chi connectivity index (χ2n) is 7.55. The zero-order chi connectivity index (χ0) is 20.1. The van der Waals surface area contributed by atoms with E-state index in [-0.39, 0.29) is 18.1 Å². The molecule has 0 aliphatic carbocycles. The van der Waals surface area contributed by atoms with E-state index in [0.717, 1.165) is 43.2 Å². The molecule has 0 aromatic heterocycles. The molecule has 0 saturated carbocycles. The van der Waals surface area contributed by atoms with Crippen LogP contribution in [0.4, 0.5) is 0 Å². The minimum atomic E-state index is -0.123. The first-order valence-corrected chi connectivity index (χ1v) is 10.2. The molecular weight excluding hydrogens is 368 g/mol. The monoisotopic (exact) mass is 396 g/mol. The zero-order valence-electron chi connectivity index (χ0n) is 16.8. The fourth-order valence-electron chi connectivity index (χ4n) is 3.96. The Morgan fingerprint density at radius 1 is 1.14 bits per heavy atom. The predicted molar refractivity (Wildman–Crippen MR) is 110 cm³/mol. The van der Waals surface area contributed by atoms with Crippen molar-refractivity contribution in [1.29, 1.82) is 0 Å². The van der Waals surface area contributed by atoms with Gasteiger partial charge in [0, 0.05) is 19.0 Å². The molecule has 4 rings (SSSR count). The van der Waals surface area contributed by atoms with Crippen LogP contribution < -0.4 is 19.5 Å². The molecule has 2 aliphatic rings. The quantitative estimate of drug-likeness (QED) is 0.695. The number of hydrogen-bond acceptors (Lipinski definition) is 5. The number of hydrogen-bond donors (Lipinski definition) is 1. The molecule has 0 spiro atoms. The molecule has 6 nitrogen and oxygen atoms in total. The molecule has 6 heteroatoms. The summed E-state index contributed by atoms with van der Waals surface area (Å²) in [5.41, 5.74) is 1.22. The second kappa shape index (κ2) is 9.18. The number of carbonyl (C=O) groups is 1. The largest absolute Gasteiger partial charge is 0.497 e. The summed E-state index contributed by atoms with van der Waals surface area (Å²) < 4.78 is 17.0. The minimum Gasteiger partial charge on any atom is -0.497 e. The fourth-order valence-corrected chi connectivity index (χ4v) is 3.96. The van der Waals surface area contributed by atoms with Gasteiger partial charge in [0.25, 0.3) is 0 Å². The van der Waals surface area contributed by atoms with Crippen LogP contribution in [0.2, 0.25) is 0 Å². The number of carbonyl (C=O) groups excluding carboxylic acids is 1. The van der Waals surface area contributed by atoms with Gasteiger partial charge in [-0.2, -0.15) is 0 Å². The lowest BCUT2D eigenvalue weighted by atomic mass is 10.1. The number of para-hydroxylation sites is 2. The molecule has 0 bridgehead atoms. The first kappa shape index (κ1) is 19.6. The molecule has 2 atom stereocenters. The van der Waals surface area contributed by atoms with Crippen molar-refractivity contribution in [3.63, 3.8) is 0 Å². The molecule has 1 N–H and O–H groups in total. The smallest absolute Gasteiger partial charge is 0.223 e. The summed E-state index contributed by atoms with van der Waals surface area (Å²) in [5, 5.41) is 3.48. The molecule has 29 heavy (non-hydrogen) atoms. The van der Waals surface area contributed by atoms with Crippen LogP contribution in [0.25, 0.3) is 0 Å². The number of ether oxygens (including phenoxy) is 3. The van der Waals surface area contributed by atoms with Crippen molar-refractivity contribution in [2.45, 2.75) is 38.0 Å². The van der Waals surface area contributed by atoms with Gasteiger partial charge >= 0.3 is 0 Å². The van der Waals surface area contributed by atoms with Gasteiger partial charge in [0.1, 0.15) is 12.4 Å². The maximum Gasteiger partial charge on any atom is 0.223 e. The number of methoxy groups -OCH3 is 1. The van der Waals surface area contributed by atoms with Crippen LogP contribution in [0.15, 0.2) is 48.5 Å². The molecular formula is C23H28N2O4. The Kier molecular flexibility index (Phi) is 6.20. The lowest BCUT2D eigenvalue weighted by molar-refractivity contribution is -0.130. The lowest BCUT2D eigenvalue weighted by Gasteiger charge is -2.32. The summed E-state index contributed by atoms with van der Waals surface area (Å²) in [4.78, 5) is 14.4. The van der Waals surface area contributed by atoms with E-state index in [4.69, 9.17) is 14.2 Å². The van der Waals surface area contributed by atoms with Gasteiger partial charge in [-0.25, -0.2) is 0 Å². The van der Waals surface area contributed by atoms with E-state index >= 15 is 0 Å². The van der Waals surface area contributed by atoms with Gasteiger partial charge in [-0.15, -0.1) is 0 Å². The molecule has 2 aromatic rings. The maximum atomic E-state index is 12.4. The van der Waals surface area contributed by atoms with Gasteiger partial charge in [-0.05, 0) is 49.2 Å². The molecule has 1 saturated heterocycles. The van der Waals surface area contributed by atoms with Crippen LogP contribution in [-0.2, 0) is 11.3 Å².